The van der Waals surface area contributed by atoms with Crippen molar-refractivity contribution in [2.75, 3.05) is 20.3 Å². The molecule has 0 saturated carbocycles. The molecule has 0 spiro atoms. The summed E-state index contributed by atoms with van der Waals surface area (Å²) in [5.41, 5.74) is 2.09. The van der Waals surface area contributed by atoms with Crippen molar-refractivity contribution in [1.29, 1.82) is 0 Å². The highest BCUT2D eigenvalue weighted by atomic mass is 16.5. The van der Waals surface area contributed by atoms with Gasteiger partial charge in [0.1, 0.15) is 0 Å². The van der Waals surface area contributed by atoms with E-state index in [1.54, 1.807) is 13.2 Å². The molecule has 0 aliphatic carbocycles. The minimum absolute atomic E-state index is 0.485. The largest absolute Gasteiger partial charge is 0.478 e. The number of rotatable bonds is 9. The van der Waals surface area contributed by atoms with Crippen LogP contribution in [0.15, 0.2) is 30.3 Å². The molecule has 0 heterocycles. The van der Waals surface area contributed by atoms with Gasteiger partial charge in [-0.05, 0) is 30.5 Å². The van der Waals surface area contributed by atoms with E-state index in [9.17, 15) is 4.79 Å². The lowest BCUT2D eigenvalue weighted by molar-refractivity contribution is -0.131. The Labute approximate surface area is 127 Å². The van der Waals surface area contributed by atoms with Gasteiger partial charge in [0.05, 0.1) is 6.61 Å². The number of carboxylic acids is 1. The zero-order chi connectivity index (χ0) is 15.7. The fourth-order valence-electron chi connectivity index (χ4n) is 2.12. The van der Waals surface area contributed by atoms with E-state index in [0.29, 0.717) is 12.6 Å². The lowest BCUT2D eigenvalue weighted by Crippen LogP contribution is -2.34. The van der Waals surface area contributed by atoms with Gasteiger partial charge in [-0.1, -0.05) is 31.2 Å². The monoisotopic (exact) mass is 291 g/mol. The van der Waals surface area contributed by atoms with E-state index in [1.807, 2.05) is 18.2 Å². The fraction of sp³-hybridized carbons (Fsp3) is 0.471. The van der Waals surface area contributed by atoms with Crippen LogP contribution in [0.1, 0.15) is 31.4 Å². The van der Waals surface area contributed by atoms with Gasteiger partial charge in [0.2, 0.25) is 0 Å². The van der Waals surface area contributed by atoms with E-state index in [0.717, 1.165) is 31.1 Å². The first-order chi connectivity index (χ1) is 10.1. The number of hydrogen-bond donors (Lipinski definition) is 1. The van der Waals surface area contributed by atoms with Crippen molar-refractivity contribution >= 4 is 12.0 Å². The zero-order valence-corrected chi connectivity index (χ0v) is 13.1. The summed E-state index contributed by atoms with van der Waals surface area (Å²) >= 11 is 0. The molecule has 4 heteroatoms. The van der Waals surface area contributed by atoms with Crippen molar-refractivity contribution in [3.05, 3.63) is 41.5 Å². The average Bonchev–Trinajstić information content (AvgIpc) is 2.49. The van der Waals surface area contributed by atoms with Crippen LogP contribution < -0.4 is 0 Å². The quantitative estimate of drug-likeness (QED) is 0.711. The van der Waals surface area contributed by atoms with Gasteiger partial charge in [-0.15, -0.1) is 0 Å². The molecule has 0 aromatic heterocycles. The smallest absolute Gasteiger partial charge is 0.328 e. The number of nitrogens with zero attached hydrogens (tertiary/aromatic N) is 1. The first-order valence-corrected chi connectivity index (χ1v) is 7.29. The van der Waals surface area contributed by atoms with Crippen LogP contribution >= 0.6 is 0 Å². The molecule has 0 radical (unpaired) electrons. The van der Waals surface area contributed by atoms with Crippen molar-refractivity contribution < 1.29 is 14.6 Å². The molecule has 0 saturated heterocycles. The molecule has 1 aromatic rings. The first-order valence-electron chi connectivity index (χ1n) is 7.29. The number of benzene rings is 1. The van der Waals surface area contributed by atoms with Crippen LogP contribution in [-0.4, -0.2) is 42.3 Å². The molecule has 1 N–H and O–H groups in total. The van der Waals surface area contributed by atoms with Crippen molar-refractivity contribution in [3.63, 3.8) is 0 Å². The topological polar surface area (TPSA) is 49.8 Å². The molecule has 0 aliphatic heterocycles. The molecule has 21 heavy (non-hydrogen) atoms. The minimum Gasteiger partial charge on any atom is -0.478 e. The maximum atomic E-state index is 10.6. The summed E-state index contributed by atoms with van der Waals surface area (Å²) in [5.74, 6) is -0.929. The fourth-order valence-corrected chi connectivity index (χ4v) is 2.12. The molecule has 4 nitrogen and oxygen atoms in total. The highest BCUT2D eigenvalue weighted by Gasteiger charge is 2.12. The van der Waals surface area contributed by atoms with Crippen LogP contribution in [0.25, 0.3) is 6.08 Å². The Morgan fingerprint density at radius 3 is 2.86 bits per heavy atom. The Hall–Kier alpha value is -1.65. The van der Waals surface area contributed by atoms with Crippen LogP contribution in [-0.2, 0) is 16.1 Å². The van der Waals surface area contributed by atoms with Gasteiger partial charge in [0.15, 0.2) is 0 Å². The molecule has 1 atom stereocenters. The average molecular weight is 291 g/mol. The predicted molar refractivity (Wildman–Crippen MR) is 85.2 cm³/mol. The number of carbonyl (C=O) groups is 1. The number of hydrogen-bond acceptors (Lipinski definition) is 3. The summed E-state index contributed by atoms with van der Waals surface area (Å²) in [6, 6.07) is 8.45. The molecule has 0 bridgehead atoms. The van der Waals surface area contributed by atoms with Crippen LogP contribution in [0.2, 0.25) is 0 Å². The summed E-state index contributed by atoms with van der Waals surface area (Å²) in [6.45, 7) is 6.83. The second kappa shape index (κ2) is 9.32. The van der Waals surface area contributed by atoms with Gasteiger partial charge < -0.3 is 9.84 Å². The van der Waals surface area contributed by atoms with Gasteiger partial charge in [0.25, 0.3) is 0 Å². The molecular weight excluding hydrogens is 266 g/mol. The molecule has 0 aliphatic rings. The van der Waals surface area contributed by atoms with Crippen LogP contribution in [0.4, 0.5) is 0 Å². The molecule has 0 amide bonds. The maximum absolute atomic E-state index is 10.6. The molecular formula is C17H25NO3. The van der Waals surface area contributed by atoms with E-state index in [2.05, 4.69) is 24.8 Å². The Morgan fingerprint density at radius 1 is 1.48 bits per heavy atom. The number of methoxy groups -OCH3 is 1. The van der Waals surface area contributed by atoms with Crippen LogP contribution in [0.5, 0.6) is 0 Å². The number of aliphatic carboxylic acids is 1. The summed E-state index contributed by atoms with van der Waals surface area (Å²) in [6.07, 6.45) is 3.87. The number of ether oxygens (including phenoxy) is 1. The van der Waals surface area contributed by atoms with E-state index < -0.39 is 5.97 Å². The number of carboxylic acid groups (broad SMARTS) is 1. The minimum atomic E-state index is -0.929. The summed E-state index contributed by atoms with van der Waals surface area (Å²) in [7, 11) is 1.71. The summed E-state index contributed by atoms with van der Waals surface area (Å²) < 4.78 is 5.18. The third-order valence-corrected chi connectivity index (χ3v) is 3.55. The van der Waals surface area contributed by atoms with Gasteiger partial charge in [-0.3, -0.25) is 4.90 Å². The first kappa shape index (κ1) is 17.4. The second-order valence-electron chi connectivity index (χ2n) is 5.14. The third-order valence-electron chi connectivity index (χ3n) is 3.55. The van der Waals surface area contributed by atoms with Gasteiger partial charge in [-0.2, -0.15) is 0 Å². The molecule has 0 fully saturated rings. The Kier molecular flexibility index (Phi) is 7.72. The molecule has 1 rings (SSSR count). The van der Waals surface area contributed by atoms with E-state index in [1.165, 1.54) is 5.56 Å². The SMILES string of the molecule is CCC(C)N(CCOC)Cc1cccc(C=CC(=O)O)c1. The van der Waals surface area contributed by atoms with Gasteiger partial charge in [-0.25, -0.2) is 4.79 Å². The summed E-state index contributed by atoms with van der Waals surface area (Å²) in [4.78, 5) is 13.0. The van der Waals surface area contributed by atoms with Crippen LogP contribution in [0, 0.1) is 0 Å². The second-order valence-corrected chi connectivity index (χ2v) is 5.14. The van der Waals surface area contributed by atoms with Crippen molar-refractivity contribution in [1.82, 2.24) is 4.90 Å². The normalized spacial score (nSPS) is 13.0. The van der Waals surface area contributed by atoms with Crippen LogP contribution in [0.3, 0.4) is 0 Å². The highest BCUT2D eigenvalue weighted by Crippen LogP contribution is 2.13. The summed E-state index contributed by atoms with van der Waals surface area (Å²) in [5, 5.41) is 8.68. The van der Waals surface area contributed by atoms with E-state index >= 15 is 0 Å². The molecule has 1 aromatic carbocycles. The van der Waals surface area contributed by atoms with Gasteiger partial charge >= 0.3 is 5.97 Å². The Bertz CT molecular complexity index is 471. The van der Waals surface area contributed by atoms with Gasteiger partial charge in [0, 0.05) is 32.3 Å². The third kappa shape index (κ3) is 6.56. The molecule has 1 unspecified atom stereocenters. The lowest BCUT2D eigenvalue weighted by Gasteiger charge is -2.28. The Balaban J connectivity index is 2.78. The van der Waals surface area contributed by atoms with E-state index in [-0.39, 0.29) is 0 Å². The lowest BCUT2D eigenvalue weighted by atomic mass is 10.1. The Morgan fingerprint density at radius 2 is 2.24 bits per heavy atom. The van der Waals surface area contributed by atoms with E-state index in [4.69, 9.17) is 9.84 Å². The zero-order valence-electron chi connectivity index (χ0n) is 13.1. The van der Waals surface area contributed by atoms with Crippen molar-refractivity contribution in [2.24, 2.45) is 0 Å². The standard InChI is InChI=1S/C17H25NO3/c1-4-14(2)18(10-11-21-3)13-16-7-5-6-15(12-16)8-9-17(19)20/h5-9,12,14H,4,10-11,13H2,1-3H3,(H,19,20). The van der Waals surface area contributed by atoms with Crippen molar-refractivity contribution in [3.8, 4) is 0 Å². The maximum Gasteiger partial charge on any atom is 0.328 e. The predicted octanol–water partition coefficient (Wildman–Crippen LogP) is 3.03. The van der Waals surface area contributed by atoms with Crippen molar-refractivity contribution in [2.45, 2.75) is 32.9 Å². The highest BCUT2D eigenvalue weighted by molar-refractivity contribution is 5.85. The molecule has 116 valence electrons.